The highest BCUT2D eigenvalue weighted by Gasteiger charge is 2.17. The van der Waals surface area contributed by atoms with Crippen LogP contribution in [0.1, 0.15) is 21.5 Å². The first kappa shape index (κ1) is 15.0. The predicted octanol–water partition coefficient (Wildman–Crippen LogP) is 4.24. The molecule has 2 aromatic carbocycles. The van der Waals surface area contributed by atoms with E-state index in [-0.39, 0.29) is 5.91 Å². The van der Waals surface area contributed by atoms with E-state index in [2.05, 4.69) is 36.2 Å². The number of carbonyl (C=O) groups excluding carboxylic acids is 1. The summed E-state index contributed by atoms with van der Waals surface area (Å²) in [6, 6.07) is 21.5. The highest BCUT2D eigenvalue weighted by atomic mass is 16.2. The third-order valence-corrected chi connectivity index (χ3v) is 3.70. The molecule has 0 aliphatic rings. The Hall–Kier alpha value is -2.94. The molecule has 0 aliphatic heterocycles. The third kappa shape index (κ3) is 3.64. The Labute approximate surface area is 136 Å². The maximum absolute atomic E-state index is 12.9. The van der Waals surface area contributed by atoms with Crippen molar-refractivity contribution in [2.45, 2.75) is 13.5 Å². The standard InChI is InChI=1S/C20H18N2O/c1-16-7-9-17(10-8-16)15-22(19-5-3-2-4-6-19)20(23)18-11-13-21-14-12-18/h2-14H,15H2,1H3. The second-order valence-corrected chi connectivity index (χ2v) is 5.45. The molecule has 0 saturated carbocycles. The summed E-state index contributed by atoms with van der Waals surface area (Å²) in [5.74, 6) is -0.0285. The second-order valence-electron chi connectivity index (χ2n) is 5.45. The van der Waals surface area contributed by atoms with Crippen molar-refractivity contribution < 1.29 is 4.79 Å². The fraction of sp³-hybridized carbons (Fsp3) is 0.100. The lowest BCUT2D eigenvalue weighted by molar-refractivity contribution is 0.0985. The molecular formula is C20H18N2O. The fourth-order valence-corrected chi connectivity index (χ4v) is 2.41. The van der Waals surface area contributed by atoms with Crippen molar-refractivity contribution >= 4 is 11.6 Å². The summed E-state index contributed by atoms with van der Waals surface area (Å²) in [6.07, 6.45) is 3.28. The Morgan fingerprint density at radius 1 is 0.913 bits per heavy atom. The molecule has 1 amide bonds. The molecule has 3 rings (SSSR count). The van der Waals surface area contributed by atoms with Crippen molar-refractivity contribution in [3.05, 3.63) is 95.8 Å². The number of carbonyl (C=O) groups is 1. The van der Waals surface area contributed by atoms with Crippen LogP contribution in [0, 0.1) is 6.92 Å². The van der Waals surface area contributed by atoms with Gasteiger partial charge in [0.1, 0.15) is 0 Å². The van der Waals surface area contributed by atoms with Gasteiger partial charge in [-0.3, -0.25) is 9.78 Å². The molecule has 0 bridgehead atoms. The average molecular weight is 302 g/mol. The quantitative estimate of drug-likeness (QED) is 0.722. The van der Waals surface area contributed by atoms with E-state index in [1.165, 1.54) is 5.56 Å². The van der Waals surface area contributed by atoms with Gasteiger partial charge in [-0.15, -0.1) is 0 Å². The van der Waals surface area contributed by atoms with Gasteiger partial charge in [0.25, 0.3) is 5.91 Å². The first-order chi connectivity index (χ1) is 11.2. The van der Waals surface area contributed by atoms with Crippen LogP contribution in [0.2, 0.25) is 0 Å². The zero-order valence-corrected chi connectivity index (χ0v) is 13.0. The lowest BCUT2D eigenvalue weighted by Crippen LogP contribution is -2.30. The number of para-hydroxylation sites is 1. The van der Waals surface area contributed by atoms with Gasteiger partial charge in [-0.25, -0.2) is 0 Å². The van der Waals surface area contributed by atoms with E-state index < -0.39 is 0 Å². The zero-order valence-electron chi connectivity index (χ0n) is 13.0. The molecule has 0 saturated heterocycles. The summed E-state index contributed by atoms with van der Waals surface area (Å²) in [4.78, 5) is 18.7. The van der Waals surface area contributed by atoms with Crippen molar-refractivity contribution in [1.29, 1.82) is 0 Å². The Morgan fingerprint density at radius 2 is 1.57 bits per heavy atom. The molecule has 0 radical (unpaired) electrons. The molecule has 3 nitrogen and oxygen atoms in total. The van der Waals surface area contributed by atoms with Gasteiger partial charge < -0.3 is 4.90 Å². The zero-order chi connectivity index (χ0) is 16.1. The van der Waals surface area contributed by atoms with E-state index in [9.17, 15) is 4.79 Å². The summed E-state index contributed by atoms with van der Waals surface area (Å²) >= 11 is 0. The van der Waals surface area contributed by atoms with Crippen LogP contribution in [-0.4, -0.2) is 10.9 Å². The Morgan fingerprint density at radius 3 is 2.22 bits per heavy atom. The minimum Gasteiger partial charge on any atom is -0.304 e. The lowest BCUT2D eigenvalue weighted by Gasteiger charge is -2.23. The van der Waals surface area contributed by atoms with Crippen molar-refractivity contribution in [3.8, 4) is 0 Å². The summed E-state index contributed by atoms with van der Waals surface area (Å²) < 4.78 is 0. The molecule has 0 N–H and O–H groups in total. The molecule has 0 fully saturated rings. The fourth-order valence-electron chi connectivity index (χ4n) is 2.41. The maximum Gasteiger partial charge on any atom is 0.258 e. The number of anilines is 1. The highest BCUT2D eigenvalue weighted by Crippen LogP contribution is 2.20. The summed E-state index contributed by atoms with van der Waals surface area (Å²) in [5.41, 5.74) is 3.83. The van der Waals surface area contributed by atoms with Gasteiger partial charge in [0.2, 0.25) is 0 Å². The van der Waals surface area contributed by atoms with Crippen molar-refractivity contribution in [3.63, 3.8) is 0 Å². The van der Waals surface area contributed by atoms with E-state index >= 15 is 0 Å². The van der Waals surface area contributed by atoms with Crippen LogP contribution in [0.3, 0.4) is 0 Å². The molecule has 1 aromatic heterocycles. The van der Waals surface area contributed by atoms with Crippen LogP contribution in [0.5, 0.6) is 0 Å². The largest absolute Gasteiger partial charge is 0.304 e. The molecule has 23 heavy (non-hydrogen) atoms. The Balaban J connectivity index is 1.94. The van der Waals surface area contributed by atoms with Crippen molar-refractivity contribution in [2.75, 3.05) is 4.90 Å². The summed E-state index contributed by atoms with van der Waals surface area (Å²) in [6.45, 7) is 2.59. The number of pyridine rings is 1. The smallest absolute Gasteiger partial charge is 0.258 e. The van der Waals surface area contributed by atoms with Gasteiger partial charge in [-0.05, 0) is 36.8 Å². The number of aryl methyl sites for hydroxylation is 1. The monoisotopic (exact) mass is 302 g/mol. The van der Waals surface area contributed by atoms with Gasteiger partial charge in [-0.1, -0.05) is 48.0 Å². The number of hydrogen-bond acceptors (Lipinski definition) is 2. The minimum absolute atomic E-state index is 0.0285. The van der Waals surface area contributed by atoms with Crippen LogP contribution in [-0.2, 0) is 6.54 Å². The first-order valence-electron chi connectivity index (χ1n) is 7.56. The number of nitrogens with zero attached hydrogens (tertiary/aromatic N) is 2. The predicted molar refractivity (Wildman–Crippen MR) is 92.4 cm³/mol. The van der Waals surface area contributed by atoms with Gasteiger partial charge in [0.15, 0.2) is 0 Å². The van der Waals surface area contributed by atoms with Crippen molar-refractivity contribution in [2.24, 2.45) is 0 Å². The molecule has 114 valence electrons. The highest BCUT2D eigenvalue weighted by molar-refractivity contribution is 6.05. The SMILES string of the molecule is Cc1ccc(CN(C(=O)c2ccncc2)c2ccccc2)cc1. The van der Waals surface area contributed by atoms with Gasteiger partial charge in [0.05, 0.1) is 6.54 Å². The molecule has 0 spiro atoms. The maximum atomic E-state index is 12.9. The molecule has 3 aromatic rings. The Bertz CT molecular complexity index is 768. The van der Waals surface area contributed by atoms with Crippen molar-refractivity contribution in [1.82, 2.24) is 4.98 Å². The number of benzene rings is 2. The van der Waals surface area contributed by atoms with Crippen LogP contribution in [0.15, 0.2) is 79.1 Å². The van der Waals surface area contributed by atoms with Gasteiger partial charge >= 0.3 is 0 Å². The number of aromatic nitrogens is 1. The molecular weight excluding hydrogens is 284 g/mol. The van der Waals surface area contributed by atoms with E-state index in [1.54, 1.807) is 29.4 Å². The van der Waals surface area contributed by atoms with Crippen LogP contribution < -0.4 is 4.90 Å². The number of rotatable bonds is 4. The Kier molecular flexibility index (Phi) is 4.48. The second kappa shape index (κ2) is 6.88. The van der Waals surface area contributed by atoms with E-state index in [1.807, 2.05) is 30.3 Å². The minimum atomic E-state index is -0.0285. The topological polar surface area (TPSA) is 33.2 Å². The van der Waals surface area contributed by atoms with Gasteiger partial charge in [-0.2, -0.15) is 0 Å². The molecule has 1 heterocycles. The van der Waals surface area contributed by atoms with E-state index in [0.29, 0.717) is 12.1 Å². The third-order valence-electron chi connectivity index (χ3n) is 3.70. The van der Waals surface area contributed by atoms with Crippen LogP contribution in [0.4, 0.5) is 5.69 Å². The molecule has 0 atom stereocenters. The average Bonchev–Trinajstić information content (AvgIpc) is 2.62. The molecule has 3 heteroatoms. The number of amides is 1. The molecule has 0 aliphatic carbocycles. The first-order valence-corrected chi connectivity index (χ1v) is 7.56. The lowest BCUT2D eigenvalue weighted by atomic mass is 10.1. The van der Waals surface area contributed by atoms with E-state index in [0.717, 1.165) is 11.3 Å². The van der Waals surface area contributed by atoms with Gasteiger partial charge in [0, 0.05) is 23.6 Å². The normalized spacial score (nSPS) is 10.3. The summed E-state index contributed by atoms with van der Waals surface area (Å²) in [7, 11) is 0. The van der Waals surface area contributed by atoms with Crippen LogP contribution >= 0.6 is 0 Å². The number of hydrogen-bond donors (Lipinski definition) is 0. The van der Waals surface area contributed by atoms with E-state index in [4.69, 9.17) is 0 Å². The summed E-state index contributed by atoms with van der Waals surface area (Å²) in [5, 5.41) is 0. The van der Waals surface area contributed by atoms with Crippen LogP contribution in [0.25, 0.3) is 0 Å². The molecule has 0 unspecified atom stereocenters.